The zero-order valence-corrected chi connectivity index (χ0v) is 18.0. The number of carbonyl (C=O) groups excluding carboxylic acids is 1. The van der Waals surface area contributed by atoms with Crippen molar-refractivity contribution in [1.82, 2.24) is 0 Å². The molecular weight excluding hydrogens is 380 g/mol. The Morgan fingerprint density at radius 2 is 1.42 bits per heavy atom. The Morgan fingerprint density at radius 3 is 2.06 bits per heavy atom. The fraction of sp³-hybridized carbons (Fsp3) is 0.345. The molecule has 0 heterocycles. The van der Waals surface area contributed by atoms with E-state index in [1.54, 1.807) is 0 Å². The van der Waals surface area contributed by atoms with Crippen molar-refractivity contribution < 1.29 is 9.53 Å². The van der Waals surface area contributed by atoms with Crippen molar-refractivity contribution in [1.29, 1.82) is 0 Å². The number of hydrogen-bond acceptors (Lipinski definition) is 2. The molecule has 0 aliphatic heterocycles. The molecule has 2 unspecified atom stereocenters. The Morgan fingerprint density at radius 1 is 0.806 bits per heavy atom. The molecular formula is C29H28O2. The smallest absolute Gasteiger partial charge is 0.315 e. The molecule has 0 saturated heterocycles. The molecule has 2 heteroatoms. The van der Waals surface area contributed by atoms with Crippen molar-refractivity contribution in [3.63, 3.8) is 0 Å². The van der Waals surface area contributed by atoms with Gasteiger partial charge in [0.25, 0.3) is 0 Å². The van der Waals surface area contributed by atoms with Crippen LogP contribution in [0.5, 0.6) is 5.75 Å². The Bertz CT molecular complexity index is 1110. The number of esters is 1. The van der Waals surface area contributed by atoms with Gasteiger partial charge < -0.3 is 4.74 Å². The second-order valence-electron chi connectivity index (χ2n) is 9.33. The molecule has 0 saturated carbocycles. The molecule has 2 nitrogen and oxygen atoms in total. The summed E-state index contributed by atoms with van der Waals surface area (Å²) in [6, 6.07) is 23.7. The van der Waals surface area contributed by atoms with Crippen molar-refractivity contribution in [2.75, 3.05) is 0 Å². The minimum absolute atomic E-state index is 0.0511. The maximum atomic E-state index is 13.8. The maximum absolute atomic E-state index is 13.8. The standard InChI is InChI=1S/C29H28O2/c1-2-19-26-21-13-5-7-15-23(21)27(24-16-8-6-14-22(24)26)28(19)29(30)31-25-17-9-11-18-10-3-4-12-20(18)25/h5-9,11,13-17,19,26-28H,2-4,10,12H2,1H3. The van der Waals surface area contributed by atoms with Crippen molar-refractivity contribution in [2.24, 2.45) is 11.8 Å². The third-order valence-corrected chi connectivity index (χ3v) is 7.89. The monoisotopic (exact) mass is 408 g/mol. The van der Waals surface area contributed by atoms with Crippen LogP contribution in [0.2, 0.25) is 0 Å². The number of benzene rings is 3. The van der Waals surface area contributed by atoms with Crippen LogP contribution in [0.15, 0.2) is 66.7 Å². The Balaban J connectivity index is 1.44. The second-order valence-corrected chi connectivity index (χ2v) is 9.33. The van der Waals surface area contributed by atoms with E-state index < -0.39 is 0 Å². The molecule has 0 spiro atoms. The third kappa shape index (κ3) is 2.81. The number of carbonyl (C=O) groups is 1. The first kappa shape index (κ1) is 18.9. The van der Waals surface area contributed by atoms with Gasteiger partial charge in [0, 0.05) is 11.8 Å². The lowest BCUT2D eigenvalue weighted by atomic mass is 9.53. The summed E-state index contributed by atoms with van der Waals surface area (Å²) in [6.45, 7) is 2.22. The van der Waals surface area contributed by atoms with Gasteiger partial charge in [-0.05, 0) is 71.0 Å². The van der Waals surface area contributed by atoms with Crippen LogP contribution in [-0.4, -0.2) is 5.97 Å². The van der Waals surface area contributed by atoms with E-state index in [2.05, 4.69) is 61.5 Å². The molecule has 0 N–H and O–H groups in total. The molecule has 0 amide bonds. The van der Waals surface area contributed by atoms with Crippen molar-refractivity contribution in [3.05, 3.63) is 100 Å². The van der Waals surface area contributed by atoms with Gasteiger partial charge in [-0.25, -0.2) is 0 Å². The summed E-state index contributed by atoms with van der Waals surface area (Å²) >= 11 is 0. The van der Waals surface area contributed by atoms with Crippen LogP contribution in [0.1, 0.15) is 71.4 Å². The van der Waals surface area contributed by atoms with Crippen LogP contribution in [0, 0.1) is 11.8 Å². The zero-order chi connectivity index (χ0) is 20.9. The lowest BCUT2D eigenvalue weighted by Gasteiger charge is -2.49. The predicted octanol–water partition coefficient (Wildman–Crippen LogP) is 6.40. The van der Waals surface area contributed by atoms with Crippen LogP contribution in [0.3, 0.4) is 0 Å². The number of hydrogen-bond donors (Lipinski definition) is 0. The summed E-state index contributed by atoms with van der Waals surface area (Å²) in [5.74, 6) is 1.21. The van der Waals surface area contributed by atoms with Gasteiger partial charge in [0.2, 0.25) is 0 Å². The van der Waals surface area contributed by atoms with Crippen LogP contribution in [0.25, 0.3) is 0 Å². The summed E-state index contributed by atoms with van der Waals surface area (Å²) in [5, 5.41) is 0. The van der Waals surface area contributed by atoms with Gasteiger partial charge in [0.15, 0.2) is 0 Å². The van der Waals surface area contributed by atoms with E-state index in [-0.39, 0.29) is 29.6 Å². The molecule has 31 heavy (non-hydrogen) atoms. The SMILES string of the molecule is CCC1C2c3ccccc3C(c3ccccc32)C1C(=O)Oc1cccc2c1CCCC2. The molecule has 0 aromatic heterocycles. The van der Waals surface area contributed by atoms with Gasteiger partial charge in [-0.15, -0.1) is 0 Å². The highest BCUT2D eigenvalue weighted by Gasteiger charge is 2.52. The fourth-order valence-corrected chi connectivity index (χ4v) is 6.61. The van der Waals surface area contributed by atoms with Crippen molar-refractivity contribution >= 4 is 5.97 Å². The predicted molar refractivity (Wildman–Crippen MR) is 123 cm³/mol. The van der Waals surface area contributed by atoms with E-state index in [1.165, 1.54) is 46.2 Å². The molecule has 4 aliphatic rings. The highest BCUT2D eigenvalue weighted by atomic mass is 16.5. The van der Waals surface area contributed by atoms with Gasteiger partial charge in [-0.2, -0.15) is 0 Å². The summed E-state index contributed by atoms with van der Waals surface area (Å²) in [7, 11) is 0. The first-order valence-corrected chi connectivity index (χ1v) is 11.8. The molecule has 156 valence electrons. The Hall–Kier alpha value is -2.87. The lowest BCUT2D eigenvalue weighted by Crippen LogP contribution is -2.45. The van der Waals surface area contributed by atoms with Crippen LogP contribution in [0.4, 0.5) is 0 Å². The van der Waals surface area contributed by atoms with Crippen molar-refractivity contribution in [2.45, 2.75) is 50.9 Å². The average molecular weight is 409 g/mol. The topological polar surface area (TPSA) is 26.3 Å². The number of aryl methyl sites for hydroxylation is 1. The van der Waals surface area contributed by atoms with Crippen LogP contribution in [-0.2, 0) is 17.6 Å². The van der Waals surface area contributed by atoms with Crippen molar-refractivity contribution in [3.8, 4) is 5.75 Å². The van der Waals surface area contributed by atoms with Gasteiger partial charge in [0.05, 0.1) is 5.92 Å². The van der Waals surface area contributed by atoms with Gasteiger partial charge in [-0.1, -0.05) is 74.0 Å². The van der Waals surface area contributed by atoms with E-state index in [9.17, 15) is 4.79 Å². The Labute approximate surface area is 184 Å². The molecule has 3 aromatic carbocycles. The molecule has 7 rings (SSSR count). The molecule has 2 atom stereocenters. The van der Waals surface area contributed by atoms with E-state index in [1.807, 2.05) is 12.1 Å². The number of fused-ring (bicyclic) bond motifs is 2. The fourth-order valence-electron chi connectivity index (χ4n) is 6.61. The first-order valence-electron chi connectivity index (χ1n) is 11.8. The summed E-state index contributed by atoms with van der Waals surface area (Å²) in [6.07, 6.45) is 5.47. The maximum Gasteiger partial charge on any atom is 0.315 e. The normalized spacial score (nSPS) is 25.3. The van der Waals surface area contributed by atoms with E-state index >= 15 is 0 Å². The van der Waals surface area contributed by atoms with Crippen LogP contribution < -0.4 is 4.74 Å². The summed E-state index contributed by atoms with van der Waals surface area (Å²) < 4.78 is 6.23. The zero-order valence-electron chi connectivity index (χ0n) is 18.0. The number of ether oxygens (including phenoxy) is 1. The summed E-state index contributed by atoms with van der Waals surface area (Å²) in [5.41, 5.74) is 8.03. The molecule has 4 aliphatic carbocycles. The van der Waals surface area contributed by atoms with E-state index in [4.69, 9.17) is 4.74 Å². The van der Waals surface area contributed by atoms with Gasteiger partial charge in [-0.3, -0.25) is 4.79 Å². The first-order chi connectivity index (χ1) is 15.3. The highest BCUT2D eigenvalue weighted by Crippen LogP contribution is 2.59. The molecule has 2 bridgehead atoms. The lowest BCUT2D eigenvalue weighted by molar-refractivity contribution is -0.142. The minimum Gasteiger partial charge on any atom is -0.426 e. The average Bonchev–Trinajstić information content (AvgIpc) is 2.83. The minimum atomic E-state index is -0.140. The quantitative estimate of drug-likeness (QED) is 0.370. The largest absolute Gasteiger partial charge is 0.426 e. The molecule has 0 fully saturated rings. The summed E-state index contributed by atoms with van der Waals surface area (Å²) in [4.78, 5) is 13.8. The molecule has 0 radical (unpaired) electrons. The van der Waals surface area contributed by atoms with E-state index in [0.717, 1.165) is 25.0 Å². The highest BCUT2D eigenvalue weighted by molar-refractivity contribution is 5.80. The van der Waals surface area contributed by atoms with Gasteiger partial charge in [0.1, 0.15) is 5.75 Å². The Kier molecular flexibility index (Phi) is 4.49. The third-order valence-electron chi connectivity index (χ3n) is 7.89. The second kappa shape index (κ2) is 7.37. The van der Waals surface area contributed by atoms with Crippen LogP contribution >= 0.6 is 0 Å². The molecule has 3 aromatic rings. The van der Waals surface area contributed by atoms with E-state index in [0.29, 0.717) is 0 Å². The number of rotatable bonds is 3. The van der Waals surface area contributed by atoms with Gasteiger partial charge >= 0.3 is 5.97 Å².